The normalized spacial score (nSPS) is 14.4. The molecule has 3 nitrogen and oxygen atoms in total. The minimum absolute atomic E-state index is 0.839. The Morgan fingerprint density at radius 2 is 2.06 bits per heavy atom. The van der Waals surface area contributed by atoms with Crippen molar-refractivity contribution in [2.24, 2.45) is 0 Å². The van der Waals surface area contributed by atoms with Gasteiger partial charge in [0.15, 0.2) is 0 Å². The molecule has 3 rings (SSSR count). The number of hydrogen-bond donors (Lipinski definition) is 1. The van der Waals surface area contributed by atoms with Crippen LogP contribution in [0.25, 0.3) is 11.3 Å². The lowest BCUT2D eigenvalue weighted by atomic mass is 10.1. The molecular weight excluding hydrogens is 214 g/mol. The Labute approximate surface area is 100 Å². The molecule has 2 aromatic rings. The van der Waals surface area contributed by atoms with Crippen LogP contribution >= 0.6 is 0 Å². The molecule has 0 aliphatic carbocycles. The van der Waals surface area contributed by atoms with E-state index in [1.54, 1.807) is 7.11 Å². The van der Waals surface area contributed by atoms with E-state index in [0.29, 0.717) is 0 Å². The highest BCUT2D eigenvalue weighted by Crippen LogP contribution is 2.28. The molecule has 0 saturated heterocycles. The van der Waals surface area contributed by atoms with Crippen LogP contribution in [0.5, 0.6) is 5.75 Å². The van der Waals surface area contributed by atoms with Crippen LogP contribution in [0.4, 0.5) is 0 Å². The van der Waals surface area contributed by atoms with Crippen molar-refractivity contribution in [1.82, 2.24) is 5.32 Å². The van der Waals surface area contributed by atoms with Gasteiger partial charge in [0.2, 0.25) is 0 Å². The zero-order valence-corrected chi connectivity index (χ0v) is 9.82. The van der Waals surface area contributed by atoms with Crippen molar-refractivity contribution < 1.29 is 9.15 Å². The van der Waals surface area contributed by atoms with Gasteiger partial charge in [-0.3, -0.25) is 0 Å². The van der Waals surface area contributed by atoms with Gasteiger partial charge in [-0.25, -0.2) is 0 Å². The summed E-state index contributed by atoms with van der Waals surface area (Å²) in [6.45, 7) is 1.88. The number of ether oxygens (including phenoxy) is 1. The standard InChI is InChI=1S/C14H15NO2/c1-16-12-4-2-10(3-5-12)13-8-11-6-7-15-9-14(11)17-13/h2-5,8,15H,6-7,9H2,1H3. The van der Waals surface area contributed by atoms with Crippen molar-refractivity contribution in [3.05, 3.63) is 41.7 Å². The lowest BCUT2D eigenvalue weighted by Crippen LogP contribution is -2.22. The number of furan rings is 1. The summed E-state index contributed by atoms with van der Waals surface area (Å²) >= 11 is 0. The Morgan fingerprint density at radius 1 is 1.24 bits per heavy atom. The van der Waals surface area contributed by atoms with Gasteiger partial charge in [-0.05, 0) is 48.9 Å². The number of fused-ring (bicyclic) bond motifs is 1. The van der Waals surface area contributed by atoms with Crippen LogP contribution < -0.4 is 10.1 Å². The summed E-state index contributed by atoms with van der Waals surface area (Å²) < 4.78 is 11.0. The number of nitrogens with one attached hydrogen (secondary N) is 1. The molecule has 0 saturated carbocycles. The van der Waals surface area contributed by atoms with Gasteiger partial charge in [-0.15, -0.1) is 0 Å². The number of benzene rings is 1. The molecule has 0 spiro atoms. The maximum atomic E-state index is 5.86. The van der Waals surface area contributed by atoms with Crippen molar-refractivity contribution in [2.45, 2.75) is 13.0 Å². The average molecular weight is 229 g/mol. The SMILES string of the molecule is COc1ccc(-c2cc3c(o2)CNCC3)cc1. The summed E-state index contributed by atoms with van der Waals surface area (Å²) in [7, 11) is 1.67. The first-order valence-corrected chi connectivity index (χ1v) is 5.83. The highest BCUT2D eigenvalue weighted by Gasteiger charge is 2.15. The van der Waals surface area contributed by atoms with Crippen LogP contribution in [0.15, 0.2) is 34.7 Å². The average Bonchev–Trinajstić information content (AvgIpc) is 2.82. The topological polar surface area (TPSA) is 34.4 Å². The Hall–Kier alpha value is -1.74. The Morgan fingerprint density at radius 3 is 2.76 bits per heavy atom. The summed E-state index contributed by atoms with van der Waals surface area (Å²) in [5, 5.41) is 3.31. The van der Waals surface area contributed by atoms with Crippen LogP contribution in [0.2, 0.25) is 0 Å². The minimum atomic E-state index is 0.839. The Kier molecular flexibility index (Phi) is 2.61. The number of rotatable bonds is 2. The summed E-state index contributed by atoms with van der Waals surface area (Å²) in [6, 6.07) is 10.1. The number of methoxy groups -OCH3 is 1. The molecule has 0 radical (unpaired) electrons. The van der Waals surface area contributed by atoms with Crippen LogP contribution in [-0.4, -0.2) is 13.7 Å². The summed E-state index contributed by atoms with van der Waals surface area (Å²) in [5.41, 5.74) is 2.43. The zero-order chi connectivity index (χ0) is 11.7. The molecule has 17 heavy (non-hydrogen) atoms. The van der Waals surface area contributed by atoms with Crippen molar-refractivity contribution in [2.75, 3.05) is 13.7 Å². The second-order valence-corrected chi connectivity index (χ2v) is 4.21. The first-order chi connectivity index (χ1) is 8.36. The van der Waals surface area contributed by atoms with E-state index < -0.39 is 0 Å². The van der Waals surface area contributed by atoms with Crippen molar-refractivity contribution in [3.8, 4) is 17.1 Å². The molecule has 1 aromatic carbocycles. The first kappa shape index (κ1) is 10.4. The van der Waals surface area contributed by atoms with Crippen LogP contribution in [-0.2, 0) is 13.0 Å². The van der Waals surface area contributed by atoms with E-state index in [2.05, 4.69) is 11.4 Å². The Bertz CT molecular complexity index is 490. The lowest BCUT2D eigenvalue weighted by molar-refractivity contribution is 0.415. The monoisotopic (exact) mass is 229 g/mol. The molecule has 0 amide bonds. The molecule has 1 aliphatic rings. The van der Waals surface area contributed by atoms with Crippen molar-refractivity contribution >= 4 is 0 Å². The smallest absolute Gasteiger partial charge is 0.134 e. The van der Waals surface area contributed by atoms with Crippen LogP contribution in [0, 0.1) is 0 Å². The van der Waals surface area contributed by atoms with E-state index in [0.717, 1.165) is 42.3 Å². The lowest BCUT2D eigenvalue weighted by Gasteiger charge is -2.09. The second-order valence-electron chi connectivity index (χ2n) is 4.21. The second kappa shape index (κ2) is 4.26. The maximum Gasteiger partial charge on any atom is 0.134 e. The molecule has 0 unspecified atom stereocenters. The molecule has 1 N–H and O–H groups in total. The highest BCUT2D eigenvalue weighted by atomic mass is 16.5. The molecule has 3 heteroatoms. The van der Waals surface area contributed by atoms with E-state index in [-0.39, 0.29) is 0 Å². The van der Waals surface area contributed by atoms with E-state index >= 15 is 0 Å². The molecule has 1 aliphatic heterocycles. The number of hydrogen-bond acceptors (Lipinski definition) is 3. The van der Waals surface area contributed by atoms with Crippen molar-refractivity contribution in [1.29, 1.82) is 0 Å². The van der Waals surface area contributed by atoms with Gasteiger partial charge in [-0.2, -0.15) is 0 Å². The minimum Gasteiger partial charge on any atom is -0.497 e. The van der Waals surface area contributed by atoms with E-state index in [1.807, 2.05) is 24.3 Å². The van der Waals surface area contributed by atoms with Crippen LogP contribution in [0.3, 0.4) is 0 Å². The molecule has 88 valence electrons. The van der Waals surface area contributed by atoms with E-state index in [9.17, 15) is 0 Å². The highest BCUT2D eigenvalue weighted by molar-refractivity contribution is 5.60. The third-order valence-electron chi connectivity index (χ3n) is 3.13. The molecule has 2 heterocycles. The third kappa shape index (κ3) is 1.94. The summed E-state index contributed by atoms with van der Waals surface area (Å²) in [4.78, 5) is 0. The van der Waals surface area contributed by atoms with Gasteiger partial charge >= 0.3 is 0 Å². The summed E-state index contributed by atoms with van der Waals surface area (Å²) in [5.74, 6) is 2.88. The van der Waals surface area contributed by atoms with E-state index in [1.165, 1.54) is 5.56 Å². The molecule has 0 atom stereocenters. The van der Waals surface area contributed by atoms with Gasteiger partial charge in [0, 0.05) is 5.56 Å². The fraction of sp³-hybridized carbons (Fsp3) is 0.286. The predicted molar refractivity (Wildman–Crippen MR) is 66.1 cm³/mol. The molecule has 1 aromatic heterocycles. The fourth-order valence-electron chi connectivity index (χ4n) is 2.15. The quantitative estimate of drug-likeness (QED) is 0.859. The van der Waals surface area contributed by atoms with Gasteiger partial charge < -0.3 is 14.5 Å². The van der Waals surface area contributed by atoms with Gasteiger partial charge in [-0.1, -0.05) is 0 Å². The van der Waals surface area contributed by atoms with Gasteiger partial charge in [0.25, 0.3) is 0 Å². The van der Waals surface area contributed by atoms with Crippen molar-refractivity contribution in [3.63, 3.8) is 0 Å². The Balaban J connectivity index is 1.94. The molecule has 0 bridgehead atoms. The maximum absolute atomic E-state index is 5.86. The van der Waals surface area contributed by atoms with Crippen LogP contribution in [0.1, 0.15) is 11.3 Å². The fourth-order valence-corrected chi connectivity index (χ4v) is 2.15. The largest absolute Gasteiger partial charge is 0.497 e. The molecule has 0 fully saturated rings. The third-order valence-corrected chi connectivity index (χ3v) is 3.13. The first-order valence-electron chi connectivity index (χ1n) is 5.83. The predicted octanol–water partition coefficient (Wildman–Crippen LogP) is 2.60. The van der Waals surface area contributed by atoms with Gasteiger partial charge in [0.1, 0.15) is 17.3 Å². The van der Waals surface area contributed by atoms with Gasteiger partial charge in [0.05, 0.1) is 13.7 Å². The molecular formula is C14H15NO2. The zero-order valence-electron chi connectivity index (χ0n) is 9.82. The summed E-state index contributed by atoms with van der Waals surface area (Å²) in [6.07, 6.45) is 1.05. The van der Waals surface area contributed by atoms with E-state index in [4.69, 9.17) is 9.15 Å².